The SMILES string of the molecule is Cc1c(=O)n(Cc2ccc(C3=NNNN3)cc2)c(=O)n2cc(C(=O)NCc3ccc(F)cc3)sc12. The molecule has 10 nitrogen and oxygen atoms in total. The van der Waals surface area contributed by atoms with Gasteiger partial charge >= 0.3 is 5.69 Å². The number of carbonyl (C=O) groups excluding carboxylic acids is 1. The molecule has 0 bridgehead atoms. The second-order valence-electron chi connectivity index (χ2n) is 7.90. The van der Waals surface area contributed by atoms with E-state index in [1.165, 1.54) is 22.7 Å². The summed E-state index contributed by atoms with van der Waals surface area (Å²) in [6, 6.07) is 13.1. The number of hydrazine groups is 2. The van der Waals surface area contributed by atoms with Gasteiger partial charge in [-0.1, -0.05) is 36.4 Å². The van der Waals surface area contributed by atoms with E-state index in [4.69, 9.17) is 0 Å². The number of hydrogen-bond donors (Lipinski definition) is 4. The average molecular weight is 494 g/mol. The molecular formula is C23H20FN7O3S. The van der Waals surface area contributed by atoms with Crippen molar-refractivity contribution in [3.05, 3.63) is 109 Å². The van der Waals surface area contributed by atoms with Gasteiger partial charge in [0.25, 0.3) is 11.5 Å². The topological polar surface area (TPSA) is 121 Å². The Morgan fingerprint density at radius 2 is 1.80 bits per heavy atom. The molecule has 2 aromatic heterocycles. The monoisotopic (exact) mass is 493 g/mol. The van der Waals surface area contributed by atoms with E-state index in [1.54, 1.807) is 19.1 Å². The molecule has 1 aliphatic heterocycles. The molecule has 1 aliphatic rings. The first-order chi connectivity index (χ1) is 16.9. The van der Waals surface area contributed by atoms with E-state index < -0.39 is 11.2 Å². The average Bonchev–Trinajstić information content (AvgIpc) is 3.56. The quantitative estimate of drug-likeness (QED) is 0.321. The van der Waals surface area contributed by atoms with Crippen LogP contribution in [0, 0.1) is 12.7 Å². The lowest BCUT2D eigenvalue weighted by atomic mass is 10.1. The van der Waals surface area contributed by atoms with Crippen LogP contribution in [0.25, 0.3) is 4.83 Å². The number of hydrazone groups is 1. The summed E-state index contributed by atoms with van der Waals surface area (Å²) in [6.45, 7) is 1.93. The van der Waals surface area contributed by atoms with Crippen molar-refractivity contribution in [2.24, 2.45) is 5.10 Å². The van der Waals surface area contributed by atoms with Gasteiger partial charge in [0.2, 0.25) is 0 Å². The zero-order valence-corrected chi connectivity index (χ0v) is 19.3. The summed E-state index contributed by atoms with van der Waals surface area (Å²) in [4.78, 5) is 39.5. The van der Waals surface area contributed by atoms with Crippen LogP contribution in [0.5, 0.6) is 0 Å². The normalized spacial score (nSPS) is 12.8. The Labute approximate surface area is 201 Å². The summed E-state index contributed by atoms with van der Waals surface area (Å²) in [5.41, 5.74) is 9.88. The van der Waals surface area contributed by atoms with E-state index >= 15 is 0 Å². The van der Waals surface area contributed by atoms with Crippen molar-refractivity contribution in [1.82, 2.24) is 30.8 Å². The number of aryl methyl sites for hydroxylation is 1. The third-order valence-corrected chi connectivity index (χ3v) is 6.77. The van der Waals surface area contributed by atoms with Crippen molar-refractivity contribution in [2.75, 3.05) is 0 Å². The van der Waals surface area contributed by atoms with Gasteiger partial charge in [0, 0.05) is 23.9 Å². The fraction of sp³-hybridized carbons (Fsp3) is 0.130. The van der Waals surface area contributed by atoms with Crippen LogP contribution >= 0.6 is 11.3 Å². The summed E-state index contributed by atoms with van der Waals surface area (Å²) >= 11 is 1.07. The molecule has 0 atom stereocenters. The van der Waals surface area contributed by atoms with E-state index in [0.717, 1.165) is 32.6 Å². The van der Waals surface area contributed by atoms with Gasteiger partial charge in [-0.15, -0.1) is 22.0 Å². The number of aromatic nitrogens is 2. The van der Waals surface area contributed by atoms with Crippen LogP contribution in [-0.4, -0.2) is 20.7 Å². The van der Waals surface area contributed by atoms with Crippen LogP contribution in [0.1, 0.15) is 31.9 Å². The standard InChI is InChI=1S/C23H20FN7O3S/c1-13-21(33)30(11-15-2-6-16(7-3-15)19-26-28-29-27-19)23(34)31-12-18(35-22(13)31)20(32)25-10-14-4-8-17(24)9-5-14/h2-9,12,28-29H,10-11H2,1H3,(H,25,32)(H,26,27). The molecule has 3 heterocycles. The first-order valence-corrected chi connectivity index (χ1v) is 11.4. The Bertz CT molecular complexity index is 1570. The number of thiazole rings is 1. The summed E-state index contributed by atoms with van der Waals surface area (Å²) in [6.07, 6.45) is 1.44. The van der Waals surface area contributed by atoms with Gasteiger partial charge in [0.05, 0.1) is 6.54 Å². The second-order valence-corrected chi connectivity index (χ2v) is 8.93. The largest absolute Gasteiger partial charge is 0.347 e. The molecule has 4 aromatic rings. The zero-order valence-electron chi connectivity index (χ0n) is 18.5. The fourth-order valence-corrected chi connectivity index (χ4v) is 4.67. The van der Waals surface area contributed by atoms with Crippen LogP contribution in [0.4, 0.5) is 4.39 Å². The predicted molar refractivity (Wildman–Crippen MR) is 130 cm³/mol. The summed E-state index contributed by atoms with van der Waals surface area (Å²) in [7, 11) is 0. The molecule has 0 radical (unpaired) electrons. The van der Waals surface area contributed by atoms with Gasteiger partial charge in [-0.3, -0.25) is 24.0 Å². The van der Waals surface area contributed by atoms with Gasteiger partial charge in [-0.25, -0.2) is 14.7 Å². The van der Waals surface area contributed by atoms with Gasteiger partial charge in [-0.05, 0) is 30.2 Å². The predicted octanol–water partition coefficient (Wildman–Crippen LogP) is 1.22. The summed E-state index contributed by atoms with van der Waals surface area (Å²) in [5.74, 6) is -0.120. The Morgan fingerprint density at radius 3 is 2.49 bits per heavy atom. The number of fused-ring (bicyclic) bond motifs is 1. The number of carbonyl (C=O) groups is 1. The molecule has 35 heavy (non-hydrogen) atoms. The van der Waals surface area contributed by atoms with Crippen molar-refractivity contribution in [1.29, 1.82) is 0 Å². The van der Waals surface area contributed by atoms with Crippen LogP contribution in [0.3, 0.4) is 0 Å². The second kappa shape index (κ2) is 9.16. The Hall–Kier alpha value is -4.29. The van der Waals surface area contributed by atoms with Crippen LogP contribution < -0.4 is 33.1 Å². The van der Waals surface area contributed by atoms with Crippen molar-refractivity contribution < 1.29 is 9.18 Å². The van der Waals surface area contributed by atoms with Gasteiger partial charge < -0.3 is 5.32 Å². The Morgan fingerprint density at radius 1 is 1.09 bits per heavy atom. The molecule has 0 aliphatic carbocycles. The highest BCUT2D eigenvalue weighted by Gasteiger charge is 2.18. The van der Waals surface area contributed by atoms with E-state index in [0.29, 0.717) is 21.1 Å². The van der Waals surface area contributed by atoms with Gasteiger partial charge in [-0.2, -0.15) is 0 Å². The molecule has 4 N–H and O–H groups in total. The molecule has 0 saturated carbocycles. The lowest BCUT2D eigenvalue weighted by Gasteiger charge is -2.08. The highest BCUT2D eigenvalue weighted by molar-refractivity contribution is 7.19. The van der Waals surface area contributed by atoms with Crippen LogP contribution in [0.2, 0.25) is 0 Å². The van der Waals surface area contributed by atoms with Crippen molar-refractivity contribution >= 4 is 27.9 Å². The van der Waals surface area contributed by atoms with Gasteiger partial charge in [0.1, 0.15) is 15.5 Å². The Balaban J connectivity index is 1.40. The van der Waals surface area contributed by atoms with Crippen LogP contribution in [0.15, 0.2) is 69.4 Å². The van der Waals surface area contributed by atoms with E-state index in [-0.39, 0.29) is 24.8 Å². The molecule has 0 spiro atoms. The summed E-state index contributed by atoms with van der Waals surface area (Å²) < 4.78 is 15.6. The van der Waals surface area contributed by atoms with E-state index in [2.05, 4.69) is 26.9 Å². The molecule has 0 unspecified atom stereocenters. The third-order valence-electron chi connectivity index (χ3n) is 5.56. The number of rotatable bonds is 6. The smallest absolute Gasteiger partial charge is 0.336 e. The third kappa shape index (κ3) is 4.44. The molecule has 0 saturated heterocycles. The minimum Gasteiger partial charge on any atom is -0.347 e. The zero-order chi connectivity index (χ0) is 24.5. The minimum absolute atomic E-state index is 0.0834. The summed E-state index contributed by atoms with van der Waals surface area (Å²) in [5, 5.41) is 6.79. The number of halogens is 1. The van der Waals surface area contributed by atoms with Crippen molar-refractivity contribution in [3.8, 4) is 0 Å². The maximum atomic E-state index is 13.1. The number of amidine groups is 1. The number of nitrogens with zero attached hydrogens (tertiary/aromatic N) is 3. The van der Waals surface area contributed by atoms with Crippen molar-refractivity contribution in [3.63, 3.8) is 0 Å². The molecule has 12 heteroatoms. The highest BCUT2D eigenvalue weighted by atomic mass is 32.1. The first kappa shape index (κ1) is 22.5. The van der Waals surface area contributed by atoms with E-state index in [9.17, 15) is 18.8 Å². The van der Waals surface area contributed by atoms with Crippen molar-refractivity contribution in [2.45, 2.75) is 20.0 Å². The van der Waals surface area contributed by atoms with Crippen LogP contribution in [-0.2, 0) is 13.1 Å². The van der Waals surface area contributed by atoms with Gasteiger partial charge in [0.15, 0.2) is 5.84 Å². The number of nitrogens with one attached hydrogen (secondary N) is 4. The lowest BCUT2D eigenvalue weighted by molar-refractivity contribution is 0.0954. The lowest BCUT2D eigenvalue weighted by Crippen LogP contribution is -2.38. The fourth-order valence-electron chi connectivity index (χ4n) is 3.67. The number of hydrogen-bond acceptors (Lipinski definition) is 8. The molecule has 2 aromatic carbocycles. The maximum absolute atomic E-state index is 13.1. The maximum Gasteiger partial charge on any atom is 0.336 e. The molecule has 1 amide bonds. The van der Waals surface area contributed by atoms with E-state index in [1.807, 2.05) is 24.3 Å². The minimum atomic E-state index is -0.524. The number of amides is 1. The Kier molecular flexibility index (Phi) is 5.89. The molecule has 178 valence electrons. The number of benzene rings is 2. The molecule has 5 rings (SSSR count). The molecular weight excluding hydrogens is 473 g/mol. The highest BCUT2D eigenvalue weighted by Crippen LogP contribution is 2.18. The molecule has 0 fully saturated rings. The first-order valence-electron chi connectivity index (χ1n) is 10.6.